The molecule has 2 unspecified atom stereocenters. The van der Waals surface area contributed by atoms with Gasteiger partial charge in [-0.05, 0) is 42.3 Å². The maximum Gasteiger partial charge on any atom is 0.0629 e. The van der Waals surface area contributed by atoms with Gasteiger partial charge in [-0.3, -0.25) is 0 Å². The van der Waals surface area contributed by atoms with Crippen molar-refractivity contribution in [1.29, 1.82) is 0 Å². The fourth-order valence-corrected chi connectivity index (χ4v) is 5.63. The van der Waals surface area contributed by atoms with Gasteiger partial charge in [0.1, 0.15) is 0 Å². The second-order valence-corrected chi connectivity index (χ2v) is 8.27. The number of rotatable bonds is 3. The van der Waals surface area contributed by atoms with Crippen LogP contribution in [0.15, 0.2) is 97.3 Å². The van der Waals surface area contributed by atoms with Gasteiger partial charge in [-0.15, -0.1) is 11.3 Å². The Balaban J connectivity index is 1.69. The van der Waals surface area contributed by atoms with Crippen molar-refractivity contribution in [3.63, 3.8) is 0 Å². The average Bonchev–Trinajstić information content (AvgIpc) is 3.21. The molecule has 0 radical (unpaired) electrons. The van der Waals surface area contributed by atoms with E-state index in [2.05, 4.69) is 85.7 Å². The van der Waals surface area contributed by atoms with E-state index in [4.69, 9.17) is 0 Å². The lowest BCUT2D eigenvalue weighted by molar-refractivity contribution is 0.685. The largest absolute Gasteiger partial charge is 0.333 e. The number of nitrogens with zero attached hydrogens (tertiary/aromatic N) is 1. The van der Waals surface area contributed by atoms with E-state index in [1.54, 1.807) is 0 Å². The topological polar surface area (TPSA) is 3.24 Å². The van der Waals surface area contributed by atoms with Gasteiger partial charge in [0, 0.05) is 37.5 Å². The number of thiophene rings is 1. The summed E-state index contributed by atoms with van der Waals surface area (Å²) >= 11 is 1.87. The molecule has 1 aliphatic carbocycles. The second-order valence-electron chi connectivity index (χ2n) is 7.19. The van der Waals surface area contributed by atoms with Crippen LogP contribution in [0.5, 0.6) is 0 Å². The van der Waals surface area contributed by atoms with Crippen LogP contribution >= 0.6 is 11.3 Å². The van der Waals surface area contributed by atoms with Crippen molar-refractivity contribution in [3.05, 3.63) is 103 Å². The molecule has 0 spiro atoms. The molecule has 1 aromatic heterocycles. The zero-order valence-corrected chi connectivity index (χ0v) is 16.2. The molecule has 1 aliphatic heterocycles. The molecule has 0 saturated heterocycles. The summed E-state index contributed by atoms with van der Waals surface area (Å²) in [5.41, 5.74) is 4.94. The summed E-state index contributed by atoms with van der Waals surface area (Å²) in [6, 6.07) is 13.8. The normalized spacial score (nSPS) is 21.3. The Kier molecular flexibility index (Phi) is 3.70. The highest BCUT2D eigenvalue weighted by atomic mass is 32.1. The molecular weight excluding hydrogens is 346 g/mol. The molecule has 2 heteroatoms. The van der Waals surface area contributed by atoms with Crippen molar-refractivity contribution in [2.24, 2.45) is 5.92 Å². The van der Waals surface area contributed by atoms with E-state index in [1.807, 2.05) is 23.5 Å². The van der Waals surface area contributed by atoms with E-state index in [0.29, 0.717) is 5.92 Å². The van der Waals surface area contributed by atoms with E-state index >= 15 is 0 Å². The summed E-state index contributed by atoms with van der Waals surface area (Å²) in [6.07, 6.45) is 12.8. The molecule has 0 saturated carbocycles. The third-order valence-electron chi connectivity index (χ3n) is 5.62. The Morgan fingerprint density at radius 1 is 0.926 bits per heavy atom. The van der Waals surface area contributed by atoms with Crippen LogP contribution in [0.1, 0.15) is 5.56 Å². The van der Waals surface area contributed by atoms with E-state index in [1.165, 1.54) is 37.0 Å². The Bertz CT molecular complexity index is 1190. The summed E-state index contributed by atoms with van der Waals surface area (Å²) in [4.78, 5) is 2.41. The van der Waals surface area contributed by atoms with Crippen LogP contribution in [0.25, 0.3) is 20.2 Å². The molecule has 0 bridgehead atoms. The Labute approximate surface area is 163 Å². The van der Waals surface area contributed by atoms with Crippen LogP contribution < -0.4 is 4.90 Å². The molecule has 132 valence electrons. The first-order valence-electron chi connectivity index (χ1n) is 9.27. The minimum Gasteiger partial charge on any atom is -0.333 e. The van der Waals surface area contributed by atoms with Gasteiger partial charge in [0.25, 0.3) is 0 Å². The standard InChI is InChI=1S/C25H21NS/c1-4-18-19-8-6-7-9-23(19)26(22(18)5-2)17-11-13-21-20-12-10-16(3)14-24(20)27-25(21)15-17/h4-15,19,23H,1-2H2,3H3. The van der Waals surface area contributed by atoms with E-state index in [0.717, 1.165) is 5.70 Å². The van der Waals surface area contributed by atoms with Gasteiger partial charge in [0.2, 0.25) is 0 Å². The zero-order chi connectivity index (χ0) is 18.5. The van der Waals surface area contributed by atoms with E-state index in [9.17, 15) is 0 Å². The smallest absolute Gasteiger partial charge is 0.0629 e. The monoisotopic (exact) mass is 367 g/mol. The minimum atomic E-state index is 0.282. The zero-order valence-electron chi connectivity index (χ0n) is 15.4. The maximum absolute atomic E-state index is 4.09. The van der Waals surface area contributed by atoms with Gasteiger partial charge in [0.15, 0.2) is 0 Å². The third kappa shape index (κ3) is 2.37. The van der Waals surface area contributed by atoms with Gasteiger partial charge in [-0.1, -0.05) is 61.7 Å². The summed E-state index contributed by atoms with van der Waals surface area (Å²) in [7, 11) is 0. The molecule has 0 fully saturated rings. The minimum absolute atomic E-state index is 0.282. The average molecular weight is 368 g/mol. The van der Waals surface area contributed by atoms with Crippen LogP contribution in [0, 0.1) is 12.8 Å². The Morgan fingerprint density at radius 3 is 2.44 bits per heavy atom. The molecule has 2 aromatic carbocycles. The molecule has 1 nitrogen and oxygen atoms in total. The van der Waals surface area contributed by atoms with Gasteiger partial charge in [-0.25, -0.2) is 0 Å². The van der Waals surface area contributed by atoms with Gasteiger partial charge >= 0.3 is 0 Å². The van der Waals surface area contributed by atoms with Gasteiger partial charge < -0.3 is 4.90 Å². The van der Waals surface area contributed by atoms with Gasteiger partial charge in [0.05, 0.1) is 6.04 Å². The Morgan fingerprint density at radius 2 is 1.67 bits per heavy atom. The molecule has 2 heterocycles. The number of fused-ring (bicyclic) bond motifs is 4. The number of anilines is 1. The van der Waals surface area contributed by atoms with Crippen LogP contribution in [-0.2, 0) is 0 Å². The Hall–Kier alpha value is -2.84. The SMILES string of the molecule is C=CC1=C(C=C)N(c2ccc3c(c2)sc2cc(C)ccc23)C2C=CC=CC12. The summed E-state index contributed by atoms with van der Waals surface area (Å²) in [5.74, 6) is 0.334. The lowest BCUT2D eigenvalue weighted by Crippen LogP contribution is -2.32. The molecule has 2 aliphatic rings. The quantitative estimate of drug-likeness (QED) is 0.485. The van der Waals surface area contributed by atoms with Crippen LogP contribution in [0.2, 0.25) is 0 Å². The first-order valence-corrected chi connectivity index (χ1v) is 10.1. The number of allylic oxidation sites excluding steroid dienone is 4. The van der Waals surface area contributed by atoms with Crippen LogP contribution in [0.4, 0.5) is 5.69 Å². The highest BCUT2D eigenvalue weighted by Gasteiger charge is 2.37. The number of hydrogen-bond donors (Lipinski definition) is 0. The van der Waals surface area contributed by atoms with Gasteiger partial charge in [-0.2, -0.15) is 0 Å². The number of aryl methyl sites for hydroxylation is 1. The second kappa shape index (κ2) is 6.11. The third-order valence-corrected chi connectivity index (χ3v) is 6.74. The molecule has 3 aromatic rings. The molecule has 0 N–H and O–H groups in total. The summed E-state index contributed by atoms with van der Waals surface area (Å²) in [6.45, 7) is 10.3. The lowest BCUT2D eigenvalue weighted by Gasteiger charge is -2.30. The first kappa shape index (κ1) is 16.3. The van der Waals surface area contributed by atoms with Crippen molar-refractivity contribution in [1.82, 2.24) is 0 Å². The summed E-state index contributed by atoms with van der Waals surface area (Å²) in [5, 5.41) is 2.68. The molecule has 5 rings (SSSR count). The molecule has 27 heavy (non-hydrogen) atoms. The number of benzene rings is 2. The predicted octanol–water partition coefficient (Wildman–Crippen LogP) is 6.92. The molecule has 2 atom stereocenters. The van der Waals surface area contributed by atoms with Crippen molar-refractivity contribution < 1.29 is 0 Å². The van der Waals surface area contributed by atoms with E-state index < -0.39 is 0 Å². The molecule has 0 amide bonds. The fourth-order valence-electron chi connectivity index (χ4n) is 4.39. The summed E-state index contributed by atoms with van der Waals surface area (Å²) < 4.78 is 2.68. The highest BCUT2D eigenvalue weighted by molar-refractivity contribution is 7.25. The highest BCUT2D eigenvalue weighted by Crippen LogP contribution is 2.44. The van der Waals surface area contributed by atoms with Crippen molar-refractivity contribution in [2.45, 2.75) is 13.0 Å². The van der Waals surface area contributed by atoms with Crippen LogP contribution in [0.3, 0.4) is 0 Å². The van der Waals surface area contributed by atoms with Crippen molar-refractivity contribution >= 4 is 37.2 Å². The first-order chi connectivity index (χ1) is 13.2. The maximum atomic E-state index is 4.09. The van der Waals surface area contributed by atoms with E-state index in [-0.39, 0.29) is 6.04 Å². The van der Waals surface area contributed by atoms with Crippen LogP contribution in [-0.4, -0.2) is 6.04 Å². The van der Waals surface area contributed by atoms with Crippen molar-refractivity contribution in [2.75, 3.05) is 4.90 Å². The predicted molar refractivity (Wildman–Crippen MR) is 120 cm³/mol. The molecular formula is C25H21NS. The number of hydrogen-bond acceptors (Lipinski definition) is 2. The van der Waals surface area contributed by atoms with Crippen molar-refractivity contribution in [3.8, 4) is 0 Å². The fraction of sp³-hybridized carbons (Fsp3) is 0.120. The lowest BCUT2D eigenvalue weighted by atomic mass is 9.90.